The SMILES string of the molecule is NCCC1CCCN1c1nc2ccccc2o1. The molecule has 3 rings (SSSR count). The van der Waals surface area contributed by atoms with Crippen LogP contribution in [0, 0.1) is 0 Å². The van der Waals surface area contributed by atoms with Gasteiger partial charge in [0.1, 0.15) is 5.52 Å². The molecule has 1 aliphatic rings. The van der Waals surface area contributed by atoms with Gasteiger partial charge in [-0.3, -0.25) is 0 Å². The summed E-state index contributed by atoms with van der Waals surface area (Å²) in [6, 6.07) is 9.14. The van der Waals surface area contributed by atoms with Crippen molar-refractivity contribution in [2.75, 3.05) is 18.0 Å². The van der Waals surface area contributed by atoms with Gasteiger partial charge in [0.2, 0.25) is 0 Å². The fourth-order valence-corrected chi connectivity index (χ4v) is 2.56. The molecule has 0 amide bonds. The summed E-state index contributed by atoms with van der Waals surface area (Å²) in [6.07, 6.45) is 3.40. The maximum absolute atomic E-state index is 5.80. The summed E-state index contributed by atoms with van der Waals surface area (Å²) in [4.78, 5) is 6.80. The van der Waals surface area contributed by atoms with Crippen molar-refractivity contribution in [2.45, 2.75) is 25.3 Å². The van der Waals surface area contributed by atoms with Gasteiger partial charge in [-0.25, -0.2) is 0 Å². The third kappa shape index (κ3) is 1.89. The summed E-state index contributed by atoms with van der Waals surface area (Å²) in [7, 11) is 0. The van der Waals surface area contributed by atoms with Crippen molar-refractivity contribution in [1.29, 1.82) is 0 Å². The molecule has 90 valence electrons. The number of hydrogen-bond donors (Lipinski definition) is 1. The van der Waals surface area contributed by atoms with Crippen LogP contribution in [-0.2, 0) is 0 Å². The Kier molecular flexibility index (Phi) is 2.73. The van der Waals surface area contributed by atoms with Gasteiger partial charge in [0.15, 0.2) is 5.58 Å². The van der Waals surface area contributed by atoms with E-state index < -0.39 is 0 Å². The molecule has 1 aromatic heterocycles. The van der Waals surface area contributed by atoms with Gasteiger partial charge in [0.25, 0.3) is 6.01 Å². The minimum absolute atomic E-state index is 0.494. The maximum atomic E-state index is 5.80. The quantitative estimate of drug-likeness (QED) is 0.879. The van der Waals surface area contributed by atoms with E-state index in [0.717, 1.165) is 36.6 Å². The molecule has 0 saturated carbocycles. The molecule has 2 N–H and O–H groups in total. The Labute approximate surface area is 100 Å². The number of aromatic nitrogens is 1. The van der Waals surface area contributed by atoms with E-state index in [2.05, 4.69) is 9.88 Å². The molecule has 0 bridgehead atoms. The van der Waals surface area contributed by atoms with Gasteiger partial charge in [0, 0.05) is 12.6 Å². The van der Waals surface area contributed by atoms with Crippen molar-refractivity contribution in [2.24, 2.45) is 5.73 Å². The predicted molar refractivity (Wildman–Crippen MR) is 68.0 cm³/mol. The first-order chi connectivity index (χ1) is 8.38. The first-order valence-electron chi connectivity index (χ1n) is 6.21. The molecule has 1 aromatic carbocycles. The molecule has 4 nitrogen and oxygen atoms in total. The average molecular weight is 231 g/mol. The highest BCUT2D eigenvalue weighted by atomic mass is 16.4. The van der Waals surface area contributed by atoms with Crippen molar-refractivity contribution in [3.8, 4) is 0 Å². The first kappa shape index (κ1) is 10.6. The van der Waals surface area contributed by atoms with E-state index in [1.54, 1.807) is 0 Å². The highest BCUT2D eigenvalue weighted by molar-refractivity contribution is 5.74. The van der Waals surface area contributed by atoms with Gasteiger partial charge in [-0.15, -0.1) is 0 Å². The number of anilines is 1. The molecule has 0 radical (unpaired) electrons. The molecule has 4 heteroatoms. The Morgan fingerprint density at radius 1 is 1.41 bits per heavy atom. The van der Waals surface area contributed by atoms with Crippen LogP contribution >= 0.6 is 0 Å². The standard InChI is InChI=1S/C13H17N3O/c14-8-7-10-4-3-9-16(10)13-15-11-5-1-2-6-12(11)17-13/h1-2,5-6,10H,3-4,7-9,14H2. The van der Waals surface area contributed by atoms with E-state index in [9.17, 15) is 0 Å². The minimum atomic E-state index is 0.494. The lowest BCUT2D eigenvalue weighted by Crippen LogP contribution is -2.31. The summed E-state index contributed by atoms with van der Waals surface area (Å²) in [5, 5.41) is 0. The zero-order valence-corrected chi connectivity index (χ0v) is 9.80. The van der Waals surface area contributed by atoms with Crippen molar-refractivity contribution >= 4 is 17.1 Å². The van der Waals surface area contributed by atoms with Crippen molar-refractivity contribution in [3.05, 3.63) is 24.3 Å². The Balaban J connectivity index is 1.92. The van der Waals surface area contributed by atoms with Crippen LogP contribution < -0.4 is 10.6 Å². The second-order valence-electron chi connectivity index (χ2n) is 4.53. The molecule has 17 heavy (non-hydrogen) atoms. The minimum Gasteiger partial charge on any atom is -0.423 e. The highest BCUT2D eigenvalue weighted by Gasteiger charge is 2.27. The normalized spacial score (nSPS) is 20.3. The van der Waals surface area contributed by atoms with Gasteiger partial charge < -0.3 is 15.1 Å². The van der Waals surface area contributed by atoms with Crippen LogP contribution in [0.1, 0.15) is 19.3 Å². The third-order valence-corrected chi connectivity index (χ3v) is 3.41. The number of hydrogen-bond acceptors (Lipinski definition) is 4. The maximum Gasteiger partial charge on any atom is 0.298 e. The summed E-state index contributed by atoms with van der Waals surface area (Å²) in [6.45, 7) is 1.75. The fraction of sp³-hybridized carbons (Fsp3) is 0.462. The molecular weight excluding hydrogens is 214 g/mol. The molecule has 0 spiro atoms. The fourth-order valence-electron chi connectivity index (χ4n) is 2.56. The first-order valence-corrected chi connectivity index (χ1v) is 6.21. The van der Waals surface area contributed by atoms with Gasteiger partial charge >= 0.3 is 0 Å². The Bertz CT molecular complexity index is 475. The second kappa shape index (κ2) is 4.37. The van der Waals surface area contributed by atoms with Crippen LogP contribution in [0.5, 0.6) is 0 Å². The van der Waals surface area contributed by atoms with Crippen molar-refractivity contribution in [3.63, 3.8) is 0 Å². The van der Waals surface area contributed by atoms with Crippen LogP contribution in [0.25, 0.3) is 11.1 Å². The average Bonchev–Trinajstić information content (AvgIpc) is 2.94. The van der Waals surface area contributed by atoms with Crippen LogP contribution in [0.15, 0.2) is 28.7 Å². The van der Waals surface area contributed by atoms with Crippen LogP contribution in [0.3, 0.4) is 0 Å². The molecule has 0 aliphatic carbocycles. The van der Waals surface area contributed by atoms with E-state index in [-0.39, 0.29) is 0 Å². The Morgan fingerprint density at radius 2 is 2.29 bits per heavy atom. The van der Waals surface area contributed by atoms with E-state index in [0.29, 0.717) is 6.04 Å². The van der Waals surface area contributed by atoms with Crippen LogP contribution in [-0.4, -0.2) is 24.1 Å². The molecular formula is C13H17N3O. The number of nitrogens with zero attached hydrogens (tertiary/aromatic N) is 2. The Hall–Kier alpha value is -1.55. The van der Waals surface area contributed by atoms with E-state index in [1.165, 1.54) is 12.8 Å². The number of benzene rings is 1. The highest BCUT2D eigenvalue weighted by Crippen LogP contribution is 2.29. The second-order valence-corrected chi connectivity index (χ2v) is 4.53. The van der Waals surface area contributed by atoms with Crippen LogP contribution in [0.2, 0.25) is 0 Å². The largest absolute Gasteiger partial charge is 0.423 e. The van der Waals surface area contributed by atoms with E-state index in [4.69, 9.17) is 10.2 Å². The molecule has 2 aromatic rings. The van der Waals surface area contributed by atoms with Gasteiger partial charge in [-0.1, -0.05) is 12.1 Å². The van der Waals surface area contributed by atoms with Gasteiger partial charge in [-0.05, 0) is 37.9 Å². The molecule has 1 atom stereocenters. The number of nitrogens with two attached hydrogens (primary N) is 1. The predicted octanol–water partition coefficient (Wildman–Crippen LogP) is 2.15. The Morgan fingerprint density at radius 3 is 3.12 bits per heavy atom. The lowest BCUT2D eigenvalue weighted by molar-refractivity contribution is 0.534. The smallest absolute Gasteiger partial charge is 0.298 e. The van der Waals surface area contributed by atoms with Crippen molar-refractivity contribution in [1.82, 2.24) is 4.98 Å². The third-order valence-electron chi connectivity index (χ3n) is 3.41. The molecule has 1 fully saturated rings. The van der Waals surface area contributed by atoms with Crippen LogP contribution in [0.4, 0.5) is 6.01 Å². The summed E-state index contributed by atoms with van der Waals surface area (Å²) in [5.74, 6) is 0. The zero-order valence-electron chi connectivity index (χ0n) is 9.80. The lowest BCUT2D eigenvalue weighted by Gasteiger charge is -2.21. The van der Waals surface area contributed by atoms with Crippen molar-refractivity contribution < 1.29 is 4.42 Å². The summed E-state index contributed by atoms with van der Waals surface area (Å²) < 4.78 is 5.80. The topological polar surface area (TPSA) is 55.3 Å². The molecule has 1 unspecified atom stereocenters. The van der Waals surface area contributed by atoms with Gasteiger partial charge in [0.05, 0.1) is 0 Å². The lowest BCUT2D eigenvalue weighted by atomic mass is 10.1. The number of fused-ring (bicyclic) bond motifs is 1. The summed E-state index contributed by atoms with van der Waals surface area (Å²) >= 11 is 0. The molecule has 1 saturated heterocycles. The summed E-state index contributed by atoms with van der Waals surface area (Å²) in [5.41, 5.74) is 7.44. The number of oxazole rings is 1. The number of para-hydroxylation sites is 2. The molecule has 1 aliphatic heterocycles. The van der Waals surface area contributed by atoms with E-state index >= 15 is 0 Å². The molecule has 2 heterocycles. The van der Waals surface area contributed by atoms with E-state index in [1.807, 2.05) is 24.3 Å². The zero-order chi connectivity index (χ0) is 11.7. The monoisotopic (exact) mass is 231 g/mol. The van der Waals surface area contributed by atoms with Gasteiger partial charge in [-0.2, -0.15) is 4.98 Å². The number of rotatable bonds is 3.